The van der Waals surface area contributed by atoms with Gasteiger partial charge in [-0.3, -0.25) is 0 Å². The number of hydrogen-bond acceptors (Lipinski definition) is 2. The molecule has 0 aromatic heterocycles. The molecule has 1 saturated carbocycles. The van der Waals surface area contributed by atoms with Gasteiger partial charge in [0, 0.05) is 6.54 Å². The summed E-state index contributed by atoms with van der Waals surface area (Å²) in [5.41, 5.74) is 2.95. The van der Waals surface area contributed by atoms with E-state index in [2.05, 4.69) is 31.3 Å². The Labute approximate surface area is 116 Å². The van der Waals surface area contributed by atoms with Crippen molar-refractivity contribution < 1.29 is 0 Å². The highest BCUT2D eigenvalue weighted by Gasteiger charge is 2.18. The van der Waals surface area contributed by atoms with Crippen LogP contribution in [0.15, 0.2) is 18.2 Å². The average molecular weight is 256 g/mol. The fourth-order valence-electron chi connectivity index (χ4n) is 3.13. The molecule has 0 spiro atoms. The summed E-state index contributed by atoms with van der Waals surface area (Å²) >= 11 is 0. The molecule has 1 aliphatic rings. The second-order valence-electron chi connectivity index (χ2n) is 6.01. The molecule has 2 nitrogen and oxygen atoms in total. The first-order valence-electron chi connectivity index (χ1n) is 7.43. The molecule has 1 aliphatic carbocycles. The SMILES string of the molecule is Cc1ccc(C#N)c(NCCC2CCCC(C)C2)c1. The van der Waals surface area contributed by atoms with Gasteiger partial charge in [-0.1, -0.05) is 32.3 Å². The lowest BCUT2D eigenvalue weighted by molar-refractivity contribution is 0.274. The van der Waals surface area contributed by atoms with E-state index in [4.69, 9.17) is 5.26 Å². The van der Waals surface area contributed by atoms with Crippen molar-refractivity contribution in [2.75, 3.05) is 11.9 Å². The Morgan fingerprint density at radius 1 is 1.37 bits per heavy atom. The van der Waals surface area contributed by atoms with Gasteiger partial charge in [-0.2, -0.15) is 5.26 Å². The Balaban J connectivity index is 1.85. The van der Waals surface area contributed by atoms with Crippen molar-refractivity contribution in [3.05, 3.63) is 29.3 Å². The maximum Gasteiger partial charge on any atom is 0.101 e. The van der Waals surface area contributed by atoms with Gasteiger partial charge < -0.3 is 5.32 Å². The molecule has 19 heavy (non-hydrogen) atoms. The van der Waals surface area contributed by atoms with Gasteiger partial charge in [0.15, 0.2) is 0 Å². The molecular formula is C17H24N2. The number of hydrogen-bond donors (Lipinski definition) is 1. The predicted octanol–water partition coefficient (Wildman–Crippen LogP) is 4.50. The summed E-state index contributed by atoms with van der Waals surface area (Å²) in [6.45, 7) is 5.42. The van der Waals surface area contributed by atoms with Crippen LogP contribution in [0.25, 0.3) is 0 Å². The van der Waals surface area contributed by atoms with E-state index >= 15 is 0 Å². The van der Waals surface area contributed by atoms with Gasteiger partial charge in [-0.25, -0.2) is 0 Å². The summed E-state index contributed by atoms with van der Waals surface area (Å²) in [4.78, 5) is 0. The van der Waals surface area contributed by atoms with Crippen LogP contribution < -0.4 is 5.32 Å². The summed E-state index contributed by atoms with van der Waals surface area (Å²) in [5.74, 6) is 1.76. The van der Waals surface area contributed by atoms with Gasteiger partial charge in [0.05, 0.1) is 11.3 Å². The van der Waals surface area contributed by atoms with Gasteiger partial charge in [-0.05, 0) is 49.3 Å². The molecule has 0 heterocycles. The van der Waals surface area contributed by atoms with Crippen LogP contribution in [0.4, 0.5) is 5.69 Å². The number of benzene rings is 1. The fourth-order valence-corrected chi connectivity index (χ4v) is 3.13. The quantitative estimate of drug-likeness (QED) is 0.861. The summed E-state index contributed by atoms with van der Waals surface area (Å²) < 4.78 is 0. The number of aryl methyl sites for hydroxylation is 1. The van der Waals surface area contributed by atoms with Crippen molar-refractivity contribution in [2.24, 2.45) is 11.8 Å². The number of rotatable bonds is 4. The molecule has 2 unspecified atom stereocenters. The van der Waals surface area contributed by atoms with E-state index in [1.165, 1.54) is 37.7 Å². The molecular weight excluding hydrogens is 232 g/mol. The highest BCUT2D eigenvalue weighted by atomic mass is 14.9. The maximum atomic E-state index is 9.10. The summed E-state index contributed by atoms with van der Waals surface area (Å²) in [6.07, 6.45) is 6.77. The molecule has 2 heteroatoms. The third-order valence-corrected chi connectivity index (χ3v) is 4.21. The minimum Gasteiger partial charge on any atom is -0.384 e. The Morgan fingerprint density at radius 2 is 2.21 bits per heavy atom. The number of anilines is 1. The van der Waals surface area contributed by atoms with Crippen molar-refractivity contribution in [1.29, 1.82) is 5.26 Å². The molecule has 0 radical (unpaired) electrons. The summed E-state index contributed by atoms with van der Waals surface area (Å²) in [7, 11) is 0. The van der Waals surface area contributed by atoms with Crippen LogP contribution in [-0.4, -0.2) is 6.54 Å². The van der Waals surface area contributed by atoms with Crippen LogP contribution in [0.5, 0.6) is 0 Å². The zero-order valence-electron chi connectivity index (χ0n) is 12.1. The zero-order chi connectivity index (χ0) is 13.7. The molecule has 102 valence electrons. The van der Waals surface area contributed by atoms with Crippen LogP contribution in [0.2, 0.25) is 0 Å². The van der Waals surface area contributed by atoms with E-state index in [1.807, 2.05) is 12.1 Å². The third-order valence-electron chi connectivity index (χ3n) is 4.21. The molecule has 1 fully saturated rings. The molecule has 1 aromatic carbocycles. The van der Waals surface area contributed by atoms with E-state index in [1.54, 1.807) is 0 Å². The van der Waals surface area contributed by atoms with Crippen LogP contribution >= 0.6 is 0 Å². The molecule has 0 amide bonds. The molecule has 0 saturated heterocycles. The van der Waals surface area contributed by atoms with Crippen LogP contribution in [0, 0.1) is 30.1 Å². The Hall–Kier alpha value is -1.49. The lowest BCUT2D eigenvalue weighted by Gasteiger charge is -2.26. The first kappa shape index (κ1) is 13.9. The Morgan fingerprint density at radius 3 is 2.95 bits per heavy atom. The van der Waals surface area contributed by atoms with Gasteiger partial charge >= 0.3 is 0 Å². The standard InChI is InChI=1S/C17H24N2/c1-13-4-3-5-15(10-13)8-9-19-17-11-14(2)6-7-16(17)12-18/h6-7,11,13,15,19H,3-5,8-10H2,1-2H3. The Kier molecular flexibility index (Phi) is 4.85. The molecule has 0 bridgehead atoms. The molecule has 1 N–H and O–H groups in total. The van der Waals surface area contributed by atoms with Crippen molar-refractivity contribution in [3.8, 4) is 6.07 Å². The minimum atomic E-state index is 0.752. The number of nitriles is 1. The summed E-state index contributed by atoms with van der Waals surface area (Å²) in [6, 6.07) is 8.22. The first-order valence-corrected chi connectivity index (χ1v) is 7.43. The van der Waals surface area contributed by atoms with E-state index < -0.39 is 0 Å². The minimum absolute atomic E-state index is 0.752. The molecule has 1 aromatic rings. The monoisotopic (exact) mass is 256 g/mol. The molecule has 2 rings (SSSR count). The maximum absolute atomic E-state index is 9.10. The highest BCUT2D eigenvalue weighted by molar-refractivity contribution is 5.58. The predicted molar refractivity (Wildman–Crippen MR) is 80.1 cm³/mol. The normalized spacial score (nSPS) is 22.8. The third kappa shape index (κ3) is 3.99. The first-order chi connectivity index (χ1) is 9.19. The largest absolute Gasteiger partial charge is 0.384 e. The molecule has 0 aliphatic heterocycles. The van der Waals surface area contributed by atoms with E-state index in [0.29, 0.717) is 0 Å². The Bertz CT molecular complexity index is 459. The van der Waals surface area contributed by atoms with Crippen molar-refractivity contribution in [3.63, 3.8) is 0 Å². The van der Waals surface area contributed by atoms with Crippen LogP contribution in [-0.2, 0) is 0 Å². The molecule has 2 atom stereocenters. The van der Waals surface area contributed by atoms with Gasteiger partial charge in [0.25, 0.3) is 0 Å². The second-order valence-corrected chi connectivity index (χ2v) is 6.01. The van der Waals surface area contributed by atoms with Crippen LogP contribution in [0.1, 0.15) is 50.2 Å². The zero-order valence-corrected chi connectivity index (χ0v) is 12.1. The fraction of sp³-hybridized carbons (Fsp3) is 0.588. The van der Waals surface area contributed by atoms with Gasteiger partial charge in [-0.15, -0.1) is 0 Å². The topological polar surface area (TPSA) is 35.8 Å². The van der Waals surface area contributed by atoms with E-state index in [9.17, 15) is 0 Å². The van der Waals surface area contributed by atoms with Crippen molar-refractivity contribution >= 4 is 5.69 Å². The summed E-state index contributed by atoms with van der Waals surface area (Å²) in [5, 5.41) is 12.5. The van der Waals surface area contributed by atoms with Crippen molar-refractivity contribution in [1.82, 2.24) is 0 Å². The van der Waals surface area contributed by atoms with Crippen molar-refractivity contribution in [2.45, 2.75) is 46.0 Å². The lowest BCUT2D eigenvalue weighted by Crippen LogP contribution is -2.16. The van der Waals surface area contributed by atoms with E-state index in [-0.39, 0.29) is 0 Å². The van der Waals surface area contributed by atoms with Gasteiger partial charge in [0.2, 0.25) is 0 Å². The smallest absolute Gasteiger partial charge is 0.101 e. The highest BCUT2D eigenvalue weighted by Crippen LogP contribution is 2.30. The average Bonchev–Trinajstić information content (AvgIpc) is 2.39. The van der Waals surface area contributed by atoms with Crippen LogP contribution in [0.3, 0.4) is 0 Å². The van der Waals surface area contributed by atoms with E-state index in [0.717, 1.165) is 29.6 Å². The lowest BCUT2D eigenvalue weighted by atomic mass is 9.81. The number of nitrogens with one attached hydrogen (secondary N) is 1. The second kappa shape index (κ2) is 6.61. The number of nitrogens with zero attached hydrogens (tertiary/aromatic N) is 1. The van der Waals surface area contributed by atoms with Gasteiger partial charge in [0.1, 0.15) is 6.07 Å².